The van der Waals surface area contributed by atoms with Crippen molar-refractivity contribution in [3.8, 4) is 28.1 Å². The van der Waals surface area contributed by atoms with Crippen LogP contribution in [0.5, 0.6) is 5.75 Å². The van der Waals surface area contributed by atoms with Crippen molar-refractivity contribution in [2.75, 3.05) is 12.8 Å². The summed E-state index contributed by atoms with van der Waals surface area (Å²) in [5.41, 5.74) is 10.6. The lowest BCUT2D eigenvalue weighted by atomic mass is 10.0. The molecule has 33 heavy (non-hydrogen) atoms. The number of hydrogen-bond donors (Lipinski definition) is 1. The van der Waals surface area contributed by atoms with Gasteiger partial charge in [0, 0.05) is 36.1 Å². The fourth-order valence-corrected chi connectivity index (χ4v) is 3.69. The van der Waals surface area contributed by atoms with E-state index in [1.165, 1.54) is 15.1 Å². The number of anilines is 1. The molecule has 0 bridgehead atoms. The Morgan fingerprint density at radius 1 is 1.00 bits per heavy atom. The zero-order valence-electron chi connectivity index (χ0n) is 18.1. The lowest BCUT2D eigenvalue weighted by Gasteiger charge is -2.12. The van der Waals surface area contributed by atoms with Crippen LogP contribution in [0.1, 0.15) is 11.5 Å². The number of methoxy groups -OCH3 is 1. The average molecular weight is 439 g/mol. The highest BCUT2D eigenvalue weighted by Gasteiger charge is 2.20. The number of fused-ring (bicyclic) bond motifs is 1. The van der Waals surface area contributed by atoms with Crippen LogP contribution >= 0.6 is 0 Å². The van der Waals surface area contributed by atoms with Gasteiger partial charge in [0.25, 0.3) is 0 Å². The Hall–Kier alpha value is -4.53. The number of aryl methyl sites for hydroxylation is 1. The monoisotopic (exact) mass is 439 g/mol. The number of aromatic nitrogens is 6. The molecule has 2 N–H and O–H groups in total. The van der Waals surface area contributed by atoms with Crippen LogP contribution in [-0.2, 0) is 13.5 Å². The summed E-state index contributed by atoms with van der Waals surface area (Å²) in [6.07, 6.45) is 3.84. The quantitative estimate of drug-likeness (QED) is 0.448. The number of nitrogen functional groups attached to an aromatic ring is 1. The number of hydrogen-bond acceptors (Lipinski definition) is 7. The maximum Gasteiger partial charge on any atom is 0.250 e. The van der Waals surface area contributed by atoms with Gasteiger partial charge in [0.2, 0.25) is 11.5 Å². The smallest absolute Gasteiger partial charge is 0.250 e. The molecule has 0 aliphatic heterocycles. The third-order valence-corrected chi connectivity index (χ3v) is 5.35. The summed E-state index contributed by atoms with van der Waals surface area (Å²) < 4.78 is 8.23. The number of ether oxygens (including phenoxy) is 1. The third-order valence-electron chi connectivity index (χ3n) is 5.35. The first-order valence-corrected chi connectivity index (χ1v) is 10.3. The van der Waals surface area contributed by atoms with Crippen molar-refractivity contribution >= 4 is 11.6 Å². The van der Waals surface area contributed by atoms with Gasteiger partial charge in [-0.3, -0.25) is 9.78 Å². The van der Waals surface area contributed by atoms with Crippen molar-refractivity contribution in [3.05, 3.63) is 88.9 Å². The molecule has 164 valence electrons. The van der Waals surface area contributed by atoms with E-state index >= 15 is 0 Å². The van der Waals surface area contributed by atoms with Crippen LogP contribution in [0.3, 0.4) is 0 Å². The first-order chi connectivity index (χ1) is 16.0. The standard InChI is InChI=1S/C24H21N7O2/c1-30-14-16(8-11-20(30)32)21-22(15-6-4-3-5-7-15)28-24(25)31-23(21)27-19(29-31)12-17-9-10-18(33-2)13-26-17/h3-11,13-14H,12H2,1-2H3,(H2,25,28). The van der Waals surface area contributed by atoms with Crippen molar-refractivity contribution in [1.29, 1.82) is 0 Å². The van der Waals surface area contributed by atoms with Crippen molar-refractivity contribution in [3.63, 3.8) is 0 Å². The molecule has 5 aromatic rings. The van der Waals surface area contributed by atoms with E-state index in [1.807, 2.05) is 42.5 Å². The fraction of sp³-hybridized carbons (Fsp3) is 0.125. The molecule has 0 aliphatic rings. The molecule has 0 amide bonds. The summed E-state index contributed by atoms with van der Waals surface area (Å²) in [7, 11) is 3.31. The van der Waals surface area contributed by atoms with E-state index in [9.17, 15) is 4.79 Å². The average Bonchev–Trinajstić information content (AvgIpc) is 3.26. The van der Waals surface area contributed by atoms with Crippen LogP contribution in [0.2, 0.25) is 0 Å². The molecule has 0 atom stereocenters. The van der Waals surface area contributed by atoms with Crippen molar-refractivity contribution in [2.24, 2.45) is 7.05 Å². The Kier molecular flexibility index (Phi) is 5.06. The van der Waals surface area contributed by atoms with Gasteiger partial charge in [-0.05, 0) is 18.2 Å². The Labute approximate surface area is 189 Å². The molecule has 1 aromatic carbocycles. The van der Waals surface area contributed by atoms with Crippen LogP contribution < -0.4 is 16.0 Å². The maximum atomic E-state index is 12.0. The first kappa shape index (κ1) is 20.4. The highest BCUT2D eigenvalue weighted by molar-refractivity contribution is 5.90. The molecule has 0 saturated heterocycles. The van der Waals surface area contributed by atoms with E-state index < -0.39 is 0 Å². The van der Waals surface area contributed by atoms with Gasteiger partial charge in [-0.15, -0.1) is 5.10 Å². The predicted molar refractivity (Wildman–Crippen MR) is 125 cm³/mol. The Morgan fingerprint density at radius 3 is 2.52 bits per heavy atom. The molecular formula is C24H21N7O2. The zero-order valence-corrected chi connectivity index (χ0v) is 18.1. The largest absolute Gasteiger partial charge is 0.495 e. The zero-order chi connectivity index (χ0) is 22.9. The fourth-order valence-electron chi connectivity index (χ4n) is 3.69. The summed E-state index contributed by atoms with van der Waals surface area (Å²) in [5, 5.41) is 4.59. The highest BCUT2D eigenvalue weighted by Crippen LogP contribution is 2.34. The van der Waals surface area contributed by atoms with Gasteiger partial charge in [0.15, 0.2) is 11.5 Å². The maximum absolute atomic E-state index is 12.0. The van der Waals surface area contributed by atoms with Crippen molar-refractivity contribution in [2.45, 2.75) is 6.42 Å². The molecule has 5 rings (SSSR count). The summed E-state index contributed by atoms with van der Waals surface area (Å²) in [5.74, 6) is 1.45. The molecule has 0 aliphatic carbocycles. The minimum absolute atomic E-state index is 0.104. The molecule has 4 aromatic heterocycles. The Bertz CT molecular complexity index is 1510. The van der Waals surface area contributed by atoms with Crippen LogP contribution in [-0.4, -0.2) is 36.2 Å². The SMILES string of the molecule is COc1ccc(Cc2nc3c(-c4ccc(=O)n(C)c4)c(-c4ccccc4)nc(N)n3n2)nc1. The number of pyridine rings is 2. The molecule has 0 spiro atoms. The third kappa shape index (κ3) is 3.80. The summed E-state index contributed by atoms with van der Waals surface area (Å²) in [6.45, 7) is 0. The van der Waals surface area contributed by atoms with Gasteiger partial charge in [0.1, 0.15) is 5.75 Å². The minimum Gasteiger partial charge on any atom is -0.495 e. The van der Waals surface area contributed by atoms with E-state index in [-0.39, 0.29) is 11.5 Å². The van der Waals surface area contributed by atoms with E-state index in [1.54, 1.807) is 32.6 Å². The van der Waals surface area contributed by atoms with Gasteiger partial charge < -0.3 is 15.0 Å². The first-order valence-electron chi connectivity index (χ1n) is 10.3. The van der Waals surface area contributed by atoms with E-state index in [0.29, 0.717) is 29.3 Å². The van der Waals surface area contributed by atoms with Crippen LogP contribution in [0.25, 0.3) is 28.0 Å². The van der Waals surface area contributed by atoms with Gasteiger partial charge in [0.05, 0.1) is 31.0 Å². The molecule has 9 nitrogen and oxygen atoms in total. The van der Waals surface area contributed by atoms with Crippen LogP contribution in [0.4, 0.5) is 5.95 Å². The Morgan fingerprint density at radius 2 is 1.82 bits per heavy atom. The molecule has 9 heteroatoms. The van der Waals surface area contributed by atoms with E-state index in [2.05, 4.69) is 15.1 Å². The molecular weight excluding hydrogens is 418 g/mol. The number of nitrogens with two attached hydrogens (primary N) is 1. The number of benzene rings is 1. The number of rotatable bonds is 5. The summed E-state index contributed by atoms with van der Waals surface area (Å²) in [4.78, 5) is 25.9. The highest BCUT2D eigenvalue weighted by atomic mass is 16.5. The van der Waals surface area contributed by atoms with Crippen molar-refractivity contribution in [1.82, 2.24) is 29.1 Å². The van der Waals surface area contributed by atoms with Gasteiger partial charge in [-0.25, -0.2) is 9.97 Å². The van der Waals surface area contributed by atoms with Crippen LogP contribution in [0, 0.1) is 0 Å². The number of nitrogens with zero attached hydrogens (tertiary/aromatic N) is 6. The second-order valence-corrected chi connectivity index (χ2v) is 7.56. The molecule has 0 radical (unpaired) electrons. The van der Waals surface area contributed by atoms with Gasteiger partial charge in [-0.1, -0.05) is 30.3 Å². The molecule has 0 unspecified atom stereocenters. The molecule has 0 saturated carbocycles. The van der Waals surface area contributed by atoms with Crippen LogP contribution in [0.15, 0.2) is 71.8 Å². The molecule has 4 heterocycles. The topological polar surface area (TPSA) is 113 Å². The summed E-state index contributed by atoms with van der Waals surface area (Å²) >= 11 is 0. The van der Waals surface area contributed by atoms with E-state index in [4.69, 9.17) is 15.5 Å². The van der Waals surface area contributed by atoms with E-state index in [0.717, 1.165) is 22.4 Å². The van der Waals surface area contributed by atoms with Gasteiger partial charge in [-0.2, -0.15) is 4.52 Å². The normalized spacial score (nSPS) is 11.1. The lowest BCUT2D eigenvalue weighted by Crippen LogP contribution is -2.14. The van der Waals surface area contributed by atoms with Gasteiger partial charge >= 0.3 is 0 Å². The predicted octanol–water partition coefficient (Wildman–Crippen LogP) is 2.73. The minimum atomic E-state index is -0.104. The Balaban J connectivity index is 1.71. The van der Waals surface area contributed by atoms with Crippen molar-refractivity contribution < 1.29 is 4.74 Å². The lowest BCUT2D eigenvalue weighted by molar-refractivity contribution is 0.412. The summed E-state index contributed by atoms with van der Waals surface area (Å²) in [6, 6.07) is 16.7. The second kappa shape index (κ2) is 8.19. The molecule has 0 fully saturated rings. The second-order valence-electron chi connectivity index (χ2n) is 7.56.